The van der Waals surface area contributed by atoms with E-state index in [0.29, 0.717) is 24.1 Å². The average molecular weight is 308 g/mol. The zero-order valence-corrected chi connectivity index (χ0v) is 12.2. The second-order valence-electron chi connectivity index (χ2n) is 4.89. The third-order valence-corrected chi connectivity index (χ3v) is 4.42. The molecule has 1 saturated heterocycles. The van der Waals surface area contributed by atoms with Crippen molar-refractivity contribution in [2.24, 2.45) is 11.7 Å². The number of halogens is 1. The zero-order chi connectivity index (χ0) is 13.1. The lowest BCUT2D eigenvalue weighted by atomic mass is 9.90. The van der Waals surface area contributed by atoms with Crippen LogP contribution in [0.1, 0.15) is 25.3 Å². The molecule has 0 aliphatic carbocycles. The van der Waals surface area contributed by atoms with Crippen molar-refractivity contribution < 1.29 is 0 Å². The molecule has 0 bridgehead atoms. The minimum atomic E-state index is 0.401. The number of anilines is 1. The van der Waals surface area contributed by atoms with Crippen molar-refractivity contribution in [1.29, 1.82) is 5.26 Å². The van der Waals surface area contributed by atoms with E-state index < -0.39 is 0 Å². The van der Waals surface area contributed by atoms with E-state index in [0.717, 1.165) is 16.7 Å². The van der Waals surface area contributed by atoms with Crippen LogP contribution in [0.4, 0.5) is 5.69 Å². The Morgan fingerprint density at radius 1 is 1.56 bits per heavy atom. The van der Waals surface area contributed by atoms with Crippen molar-refractivity contribution in [2.75, 3.05) is 18.0 Å². The maximum Gasteiger partial charge on any atom is 0.100 e. The van der Waals surface area contributed by atoms with Gasteiger partial charge in [0, 0.05) is 29.3 Å². The summed E-state index contributed by atoms with van der Waals surface area (Å²) in [7, 11) is 0. The third-order valence-electron chi connectivity index (χ3n) is 3.76. The van der Waals surface area contributed by atoms with Crippen molar-refractivity contribution in [3.63, 3.8) is 0 Å². The van der Waals surface area contributed by atoms with E-state index in [9.17, 15) is 0 Å². The number of piperidine rings is 1. The molecule has 2 atom stereocenters. The minimum Gasteiger partial charge on any atom is -0.367 e. The van der Waals surface area contributed by atoms with Gasteiger partial charge >= 0.3 is 0 Å². The highest BCUT2D eigenvalue weighted by molar-refractivity contribution is 9.10. The van der Waals surface area contributed by atoms with Gasteiger partial charge in [-0.3, -0.25) is 0 Å². The minimum absolute atomic E-state index is 0.401. The van der Waals surface area contributed by atoms with Crippen LogP contribution in [0.25, 0.3) is 0 Å². The van der Waals surface area contributed by atoms with Crippen molar-refractivity contribution in [3.05, 3.63) is 28.2 Å². The Balaban J connectivity index is 2.30. The van der Waals surface area contributed by atoms with Gasteiger partial charge in [0.25, 0.3) is 0 Å². The van der Waals surface area contributed by atoms with Gasteiger partial charge in [-0.05, 0) is 52.9 Å². The van der Waals surface area contributed by atoms with Crippen LogP contribution in [0.15, 0.2) is 22.7 Å². The number of nitriles is 1. The highest BCUT2D eigenvalue weighted by atomic mass is 79.9. The normalized spacial score (nSPS) is 23.8. The fraction of sp³-hybridized carbons (Fsp3) is 0.500. The molecule has 0 radical (unpaired) electrons. The van der Waals surface area contributed by atoms with E-state index in [1.165, 1.54) is 12.8 Å². The monoisotopic (exact) mass is 307 g/mol. The molecular weight excluding hydrogens is 290 g/mol. The molecule has 1 aliphatic rings. The molecule has 0 amide bonds. The molecule has 96 valence electrons. The molecule has 1 heterocycles. The summed E-state index contributed by atoms with van der Waals surface area (Å²) in [6.07, 6.45) is 2.45. The van der Waals surface area contributed by atoms with Gasteiger partial charge in [0.2, 0.25) is 0 Å². The number of benzene rings is 1. The van der Waals surface area contributed by atoms with Gasteiger partial charge < -0.3 is 10.6 Å². The molecular formula is C14H18BrN3. The fourth-order valence-electron chi connectivity index (χ4n) is 2.70. The van der Waals surface area contributed by atoms with Crippen LogP contribution < -0.4 is 10.6 Å². The van der Waals surface area contributed by atoms with E-state index in [1.807, 2.05) is 18.2 Å². The predicted molar refractivity (Wildman–Crippen MR) is 77.4 cm³/mol. The Bertz CT molecular complexity index is 467. The quantitative estimate of drug-likeness (QED) is 0.914. The molecule has 1 aliphatic heterocycles. The Morgan fingerprint density at radius 2 is 2.33 bits per heavy atom. The fourth-order valence-corrected chi connectivity index (χ4v) is 3.16. The first-order valence-electron chi connectivity index (χ1n) is 6.33. The number of hydrogen-bond acceptors (Lipinski definition) is 3. The predicted octanol–water partition coefficient (Wildman–Crippen LogP) is 2.88. The van der Waals surface area contributed by atoms with Crippen LogP contribution in [-0.4, -0.2) is 19.1 Å². The van der Waals surface area contributed by atoms with E-state index in [-0.39, 0.29) is 0 Å². The Morgan fingerprint density at radius 3 is 2.94 bits per heavy atom. The number of nitrogens with two attached hydrogens (primary N) is 1. The topological polar surface area (TPSA) is 53.0 Å². The maximum atomic E-state index is 8.95. The van der Waals surface area contributed by atoms with E-state index >= 15 is 0 Å². The van der Waals surface area contributed by atoms with Crippen LogP contribution in [0, 0.1) is 17.2 Å². The summed E-state index contributed by atoms with van der Waals surface area (Å²) in [5.41, 5.74) is 7.74. The second kappa shape index (κ2) is 5.73. The summed E-state index contributed by atoms with van der Waals surface area (Å²) in [5.74, 6) is 0.623. The van der Waals surface area contributed by atoms with Crippen molar-refractivity contribution in [2.45, 2.75) is 25.8 Å². The van der Waals surface area contributed by atoms with Crippen molar-refractivity contribution in [1.82, 2.24) is 0 Å². The Labute approximate surface area is 117 Å². The molecule has 1 fully saturated rings. The third kappa shape index (κ3) is 2.52. The maximum absolute atomic E-state index is 8.95. The molecule has 2 N–H and O–H groups in total. The first-order valence-corrected chi connectivity index (χ1v) is 7.13. The number of hydrogen-bond donors (Lipinski definition) is 1. The average Bonchev–Trinajstić information content (AvgIpc) is 2.38. The summed E-state index contributed by atoms with van der Waals surface area (Å²) < 4.78 is 0.858. The largest absolute Gasteiger partial charge is 0.367 e. The summed E-state index contributed by atoms with van der Waals surface area (Å²) in [4.78, 5) is 2.38. The molecule has 1 aromatic carbocycles. The van der Waals surface area contributed by atoms with Gasteiger partial charge in [0.1, 0.15) is 6.07 Å². The molecule has 4 heteroatoms. The van der Waals surface area contributed by atoms with E-state index in [2.05, 4.69) is 33.8 Å². The highest BCUT2D eigenvalue weighted by Gasteiger charge is 2.27. The smallest absolute Gasteiger partial charge is 0.100 e. The zero-order valence-electron chi connectivity index (χ0n) is 10.6. The molecule has 3 nitrogen and oxygen atoms in total. The molecule has 2 unspecified atom stereocenters. The summed E-state index contributed by atoms with van der Waals surface area (Å²) in [6.45, 7) is 3.99. The first kappa shape index (κ1) is 13.4. The van der Waals surface area contributed by atoms with Crippen LogP contribution in [-0.2, 0) is 0 Å². The van der Waals surface area contributed by atoms with Crippen LogP contribution in [0.2, 0.25) is 0 Å². The van der Waals surface area contributed by atoms with Crippen LogP contribution in [0.5, 0.6) is 0 Å². The van der Waals surface area contributed by atoms with Crippen molar-refractivity contribution in [3.8, 4) is 6.07 Å². The van der Waals surface area contributed by atoms with Gasteiger partial charge in [0.15, 0.2) is 0 Å². The summed E-state index contributed by atoms with van der Waals surface area (Å²) in [5, 5.41) is 8.95. The van der Waals surface area contributed by atoms with Gasteiger partial charge in [-0.1, -0.05) is 6.92 Å². The first-order chi connectivity index (χ1) is 8.67. The van der Waals surface area contributed by atoms with Gasteiger partial charge in [-0.15, -0.1) is 0 Å². The molecule has 1 aromatic rings. The molecule has 0 aromatic heterocycles. The SMILES string of the molecule is CC1CCCN(c2ccc(C#N)c(Br)c2)C1CN. The standard InChI is InChI=1S/C14H18BrN3/c1-10-3-2-6-18(14(10)9-17)12-5-4-11(8-16)13(15)7-12/h4-5,7,10,14H,2-3,6,9,17H2,1H3. The summed E-state index contributed by atoms with van der Waals surface area (Å²) in [6, 6.07) is 8.48. The second-order valence-corrected chi connectivity index (χ2v) is 5.75. The van der Waals surface area contributed by atoms with Crippen molar-refractivity contribution >= 4 is 21.6 Å². The molecule has 0 saturated carbocycles. The number of nitrogens with zero attached hydrogens (tertiary/aromatic N) is 2. The lowest BCUT2D eigenvalue weighted by Crippen LogP contribution is -2.48. The van der Waals surface area contributed by atoms with Crippen LogP contribution >= 0.6 is 15.9 Å². The van der Waals surface area contributed by atoms with Gasteiger partial charge in [-0.25, -0.2) is 0 Å². The van der Waals surface area contributed by atoms with Gasteiger partial charge in [0.05, 0.1) is 5.56 Å². The lowest BCUT2D eigenvalue weighted by Gasteiger charge is -2.41. The Kier molecular flexibility index (Phi) is 4.26. The number of rotatable bonds is 2. The Hall–Kier alpha value is -1.05. The molecule has 18 heavy (non-hydrogen) atoms. The van der Waals surface area contributed by atoms with Crippen LogP contribution in [0.3, 0.4) is 0 Å². The van der Waals surface area contributed by atoms with E-state index in [1.54, 1.807) is 0 Å². The highest BCUT2D eigenvalue weighted by Crippen LogP contribution is 2.30. The molecule has 2 rings (SSSR count). The van der Waals surface area contributed by atoms with Gasteiger partial charge in [-0.2, -0.15) is 5.26 Å². The van der Waals surface area contributed by atoms with E-state index in [4.69, 9.17) is 11.0 Å². The summed E-state index contributed by atoms with van der Waals surface area (Å²) >= 11 is 3.45. The molecule has 0 spiro atoms. The lowest BCUT2D eigenvalue weighted by molar-refractivity contribution is 0.350.